The molecule has 2 amide bonds. The molecule has 0 aliphatic rings. The molecule has 0 aliphatic heterocycles. The number of carbonyl (C=O) groups excluding carboxylic acids is 2. The van der Waals surface area contributed by atoms with E-state index in [1.165, 1.54) is 0 Å². The second-order valence-electron chi connectivity index (χ2n) is 5.56. The summed E-state index contributed by atoms with van der Waals surface area (Å²) in [6.07, 6.45) is 5.95. The Morgan fingerprint density at radius 2 is 1.83 bits per heavy atom. The van der Waals surface area contributed by atoms with Crippen LogP contribution in [-0.4, -0.2) is 23.0 Å². The second-order valence-corrected chi connectivity index (χ2v) is 5.56. The molecule has 0 fully saturated rings. The van der Waals surface area contributed by atoms with E-state index in [1.54, 1.807) is 30.3 Å². The van der Waals surface area contributed by atoms with Crippen molar-refractivity contribution in [2.24, 2.45) is 5.73 Å². The smallest absolute Gasteiger partial charge is 0.254 e. The Morgan fingerprint density at radius 3 is 2.43 bits per heavy atom. The number of hydrogen-bond donors (Lipinski definition) is 3. The molecule has 0 bridgehead atoms. The molecule has 1 rings (SSSR count). The number of primary amides is 1. The zero-order chi connectivity index (χ0) is 17.1. The minimum Gasteiger partial charge on any atom is -0.378 e. The second kappa shape index (κ2) is 10.6. The number of aliphatic hydroxyl groups is 1. The van der Waals surface area contributed by atoms with Gasteiger partial charge in [0.05, 0.1) is 0 Å². The van der Waals surface area contributed by atoms with Crippen molar-refractivity contribution in [3.8, 4) is 0 Å². The Labute approximate surface area is 137 Å². The van der Waals surface area contributed by atoms with Crippen LogP contribution in [0.5, 0.6) is 0 Å². The highest BCUT2D eigenvalue weighted by atomic mass is 16.3. The van der Waals surface area contributed by atoms with Gasteiger partial charge in [0.1, 0.15) is 6.04 Å². The average Bonchev–Trinajstić information content (AvgIpc) is 2.56. The van der Waals surface area contributed by atoms with Gasteiger partial charge in [-0.3, -0.25) is 9.59 Å². The molecule has 23 heavy (non-hydrogen) atoms. The standard InChI is InChI=1S/C18H26N2O3/c1-2-3-4-5-6-10-13-15(17(19)22)20-18(23)16(21)14-11-8-7-9-12-14/h2,7-9,11-12,15-16,21H,1,3-6,10,13H2,(H2,19,22)(H,20,23)/t15-,16+/m1/s1. The van der Waals surface area contributed by atoms with Crippen molar-refractivity contribution in [3.05, 3.63) is 48.6 Å². The summed E-state index contributed by atoms with van der Waals surface area (Å²) < 4.78 is 0. The fourth-order valence-corrected chi connectivity index (χ4v) is 2.31. The van der Waals surface area contributed by atoms with Crippen molar-refractivity contribution in [1.29, 1.82) is 0 Å². The predicted octanol–water partition coefficient (Wildman–Crippen LogP) is 2.22. The molecular formula is C18H26N2O3. The third kappa shape index (κ3) is 7.10. The molecular weight excluding hydrogens is 292 g/mol. The molecule has 0 aliphatic carbocycles. The zero-order valence-corrected chi connectivity index (χ0v) is 13.4. The van der Waals surface area contributed by atoms with Gasteiger partial charge >= 0.3 is 0 Å². The molecule has 0 unspecified atom stereocenters. The zero-order valence-electron chi connectivity index (χ0n) is 13.4. The maximum absolute atomic E-state index is 12.1. The lowest BCUT2D eigenvalue weighted by Gasteiger charge is -2.18. The SMILES string of the molecule is C=CCCCCCC[C@@H](NC(=O)[C@@H](O)c1ccccc1)C(N)=O. The average molecular weight is 318 g/mol. The Morgan fingerprint density at radius 1 is 1.17 bits per heavy atom. The van der Waals surface area contributed by atoms with Gasteiger partial charge in [0.25, 0.3) is 5.91 Å². The number of aliphatic hydroxyl groups excluding tert-OH is 1. The molecule has 2 atom stereocenters. The number of nitrogens with one attached hydrogen (secondary N) is 1. The molecule has 0 saturated carbocycles. The van der Waals surface area contributed by atoms with Crippen molar-refractivity contribution in [3.63, 3.8) is 0 Å². The molecule has 0 saturated heterocycles. The lowest BCUT2D eigenvalue weighted by atomic mass is 10.0. The monoisotopic (exact) mass is 318 g/mol. The van der Waals surface area contributed by atoms with Gasteiger partial charge in [-0.1, -0.05) is 55.7 Å². The fraction of sp³-hybridized carbons (Fsp3) is 0.444. The maximum atomic E-state index is 12.1. The van der Waals surface area contributed by atoms with Crippen LogP contribution in [0.3, 0.4) is 0 Å². The minimum atomic E-state index is -1.30. The van der Waals surface area contributed by atoms with E-state index >= 15 is 0 Å². The highest BCUT2D eigenvalue weighted by Crippen LogP contribution is 2.13. The first-order valence-electron chi connectivity index (χ1n) is 8.00. The normalized spacial score (nSPS) is 13.1. The molecule has 0 aromatic heterocycles. The highest BCUT2D eigenvalue weighted by molar-refractivity contribution is 5.88. The summed E-state index contributed by atoms with van der Waals surface area (Å²) in [6.45, 7) is 3.67. The first-order chi connectivity index (χ1) is 11.1. The van der Waals surface area contributed by atoms with E-state index in [9.17, 15) is 14.7 Å². The number of benzene rings is 1. The van der Waals surface area contributed by atoms with Crippen molar-refractivity contribution >= 4 is 11.8 Å². The van der Waals surface area contributed by atoms with Crippen LogP contribution < -0.4 is 11.1 Å². The molecule has 1 aromatic carbocycles. The number of unbranched alkanes of at least 4 members (excludes halogenated alkanes) is 4. The molecule has 0 heterocycles. The van der Waals surface area contributed by atoms with Gasteiger partial charge in [0.15, 0.2) is 6.10 Å². The van der Waals surface area contributed by atoms with E-state index in [1.807, 2.05) is 6.08 Å². The Balaban J connectivity index is 2.44. The topological polar surface area (TPSA) is 92.4 Å². The van der Waals surface area contributed by atoms with Gasteiger partial charge in [0, 0.05) is 0 Å². The van der Waals surface area contributed by atoms with Crippen molar-refractivity contribution in [2.75, 3.05) is 0 Å². The summed E-state index contributed by atoms with van der Waals surface area (Å²) in [6, 6.07) is 7.83. The van der Waals surface area contributed by atoms with Crippen LogP contribution in [0.1, 0.15) is 50.2 Å². The fourth-order valence-electron chi connectivity index (χ4n) is 2.31. The summed E-state index contributed by atoms with van der Waals surface area (Å²) in [5.41, 5.74) is 5.82. The highest BCUT2D eigenvalue weighted by Gasteiger charge is 2.23. The summed E-state index contributed by atoms with van der Waals surface area (Å²) in [4.78, 5) is 23.5. The quantitative estimate of drug-likeness (QED) is 0.431. The van der Waals surface area contributed by atoms with E-state index in [-0.39, 0.29) is 0 Å². The van der Waals surface area contributed by atoms with E-state index in [0.29, 0.717) is 12.0 Å². The van der Waals surface area contributed by atoms with Gasteiger partial charge in [-0.15, -0.1) is 6.58 Å². The Hall–Kier alpha value is -2.14. The lowest BCUT2D eigenvalue weighted by molar-refractivity contribution is -0.133. The number of hydrogen-bond acceptors (Lipinski definition) is 3. The number of allylic oxidation sites excluding steroid dienone is 1. The Kier molecular flexibility index (Phi) is 8.68. The van der Waals surface area contributed by atoms with Gasteiger partial charge < -0.3 is 16.2 Å². The number of amides is 2. The van der Waals surface area contributed by atoms with Crippen LogP contribution in [-0.2, 0) is 9.59 Å². The van der Waals surface area contributed by atoms with Gasteiger partial charge in [-0.05, 0) is 24.8 Å². The first-order valence-corrected chi connectivity index (χ1v) is 8.00. The van der Waals surface area contributed by atoms with E-state index < -0.39 is 24.0 Å². The number of nitrogens with two attached hydrogens (primary N) is 1. The van der Waals surface area contributed by atoms with Crippen molar-refractivity contribution in [1.82, 2.24) is 5.32 Å². The van der Waals surface area contributed by atoms with Crippen LogP contribution in [0.2, 0.25) is 0 Å². The summed E-state index contributed by atoms with van der Waals surface area (Å²) in [5.74, 6) is -1.18. The van der Waals surface area contributed by atoms with E-state index in [4.69, 9.17) is 5.73 Å². The largest absolute Gasteiger partial charge is 0.378 e. The first kappa shape index (κ1) is 18.9. The Bertz CT molecular complexity index is 502. The third-order valence-corrected chi connectivity index (χ3v) is 3.67. The van der Waals surface area contributed by atoms with Crippen LogP contribution in [0.4, 0.5) is 0 Å². The molecule has 126 valence electrons. The van der Waals surface area contributed by atoms with Crippen LogP contribution in [0.25, 0.3) is 0 Å². The maximum Gasteiger partial charge on any atom is 0.254 e. The molecule has 1 aromatic rings. The lowest BCUT2D eigenvalue weighted by Crippen LogP contribution is -2.46. The van der Waals surface area contributed by atoms with E-state index in [0.717, 1.165) is 32.1 Å². The third-order valence-electron chi connectivity index (χ3n) is 3.67. The van der Waals surface area contributed by atoms with Crippen molar-refractivity contribution < 1.29 is 14.7 Å². The molecule has 5 heteroatoms. The molecule has 5 nitrogen and oxygen atoms in total. The molecule has 0 spiro atoms. The van der Waals surface area contributed by atoms with Gasteiger partial charge in [-0.2, -0.15) is 0 Å². The van der Waals surface area contributed by atoms with E-state index in [2.05, 4.69) is 11.9 Å². The van der Waals surface area contributed by atoms with Crippen LogP contribution in [0, 0.1) is 0 Å². The number of rotatable bonds is 11. The summed E-state index contributed by atoms with van der Waals surface area (Å²) >= 11 is 0. The summed E-state index contributed by atoms with van der Waals surface area (Å²) in [5, 5.41) is 12.6. The summed E-state index contributed by atoms with van der Waals surface area (Å²) in [7, 11) is 0. The molecule has 4 N–H and O–H groups in total. The van der Waals surface area contributed by atoms with Crippen LogP contribution >= 0.6 is 0 Å². The van der Waals surface area contributed by atoms with Crippen LogP contribution in [0.15, 0.2) is 43.0 Å². The van der Waals surface area contributed by atoms with Gasteiger partial charge in [0.2, 0.25) is 5.91 Å². The van der Waals surface area contributed by atoms with Crippen molar-refractivity contribution in [2.45, 2.75) is 50.7 Å². The number of carbonyl (C=O) groups is 2. The predicted molar refractivity (Wildman–Crippen MR) is 90.4 cm³/mol. The van der Waals surface area contributed by atoms with Gasteiger partial charge in [-0.25, -0.2) is 0 Å². The minimum absolute atomic E-state index is 0.483. The molecule has 0 radical (unpaired) electrons.